The Bertz CT molecular complexity index is 742. The molecule has 0 saturated heterocycles. The van der Waals surface area contributed by atoms with Crippen molar-refractivity contribution in [1.82, 2.24) is 9.69 Å². The van der Waals surface area contributed by atoms with Crippen molar-refractivity contribution < 1.29 is 4.48 Å². The number of para-hydroxylation sites is 1. The molecule has 1 unspecified atom stereocenters. The highest BCUT2D eigenvalue weighted by Crippen LogP contribution is 2.41. The minimum Gasteiger partial charge on any atom is -0.344 e. The largest absolute Gasteiger partial charge is 0.344 e. The Morgan fingerprint density at radius 3 is 2.78 bits per heavy atom. The van der Waals surface area contributed by atoms with E-state index in [0.717, 1.165) is 23.4 Å². The van der Waals surface area contributed by atoms with Crippen LogP contribution in [0.25, 0.3) is 10.9 Å². The summed E-state index contributed by atoms with van der Waals surface area (Å²) < 4.78 is 16.4. The predicted molar refractivity (Wildman–Crippen MR) is 90.9 cm³/mol. The summed E-state index contributed by atoms with van der Waals surface area (Å²) in [6.45, 7) is 2.18. The molecule has 3 aliphatic rings. The number of halogens is 1. The number of rotatable bonds is 1. The Kier molecular flexibility index (Phi) is 3.26. The minimum absolute atomic E-state index is 0.469. The van der Waals surface area contributed by atoms with Crippen LogP contribution in [0.2, 0.25) is 0 Å². The van der Waals surface area contributed by atoms with Crippen LogP contribution >= 0.6 is 0 Å². The van der Waals surface area contributed by atoms with Crippen molar-refractivity contribution in [2.45, 2.75) is 58.0 Å². The fourth-order valence-corrected chi connectivity index (χ4v) is 5.42. The van der Waals surface area contributed by atoms with E-state index in [2.05, 4.69) is 22.8 Å². The molecule has 23 heavy (non-hydrogen) atoms. The van der Waals surface area contributed by atoms with Gasteiger partial charge in [0.2, 0.25) is 0 Å². The third kappa shape index (κ3) is 2.16. The zero-order valence-electron chi connectivity index (χ0n) is 13.7. The summed E-state index contributed by atoms with van der Waals surface area (Å²) in [5, 5.41) is 2.29. The van der Waals surface area contributed by atoms with Crippen molar-refractivity contribution in [2.75, 3.05) is 6.54 Å². The molecular weight excluding hydrogens is 287 g/mol. The maximum Gasteiger partial charge on any atom is 0.0565 e. The fraction of sp³-hybridized carbons (Fsp3) is 0.600. The van der Waals surface area contributed by atoms with Crippen molar-refractivity contribution in [3.05, 3.63) is 35.0 Å². The summed E-state index contributed by atoms with van der Waals surface area (Å²) in [5.41, 5.74) is 5.59. The van der Waals surface area contributed by atoms with E-state index in [-0.39, 0.29) is 0 Å². The maximum atomic E-state index is 13.8. The first-order chi connectivity index (χ1) is 11.3. The summed E-state index contributed by atoms with van der Waals surface area (Å²) in [6, 6.07) is 6.70. The van der Waals surface area contributed by atoms with E-state index in [9.17, 15) is 4.48 Å². The van der Waals surface area contributed by atoms with E-state index in [1.54, 1.807) is 0 Å². The van der Waals surface area contributed by atoms with Gasteiger partial charge in [0, 0.05) is 30.6 Å². The van der Waals surface area contributed by atoms with Gasteiger partial charge in [0.05, 0.1) is 12.1 Å². The molecule has 1 atom stereocenters. The maximum absolute atomic E-state index is 13.8. The zero-order valence-corrected chi connectivity index (χ0v) is 13.7. The molecule has 0 radical (unpaired) electrons. The van der Waals surface area contributed by atoms with Crippen molar-refractivity contribution in [3.63, 3.8) is 0 Å². The van der Waals surface area contributed by atoms with Crippen molar-refractivity contribution in [2.24, 2.45) is 11.8 Å². The van der Waals surface area contributed by atoms with E-state index < -0.39 is 0 Å². The summed E-state index contributed by atoms with van der Waals surface area (Å²) in [5.74, 6) is 1.68. The number of aromatic nitrogens is 1. The molecule has 0 N–H and O–H groups in total. The van der Waals surface area contributed by atoms with Crippen LogP contribution in [0.3, 0.4) is 0 Å². The zero-order chi connectivity index (χ0) is 15.4. The first-order valence-electron chi connectivity index (χ1n) is 9.34. The smallest absolute Gasteiger partial charge is 0.0565 e. The molecule has 0 bridgehead atoms. The predicted octanol–water partition coefficient (Wildman–Crippen LogP) is 4.64. The fourth-order valence-electron chi connectivity index (χ4n) is 5.42. The van der Waals surface area contributed by atoms with Gasteiger partial charge in [-0.15, -0.1) is 9.60 Å². The van der Waals surface area contributed by atoms with Crippen molar-refractivity contribution in [3.8, 4) is 0 Å². The second-order valence-corrected chi connectivity index (χ2v) is 7.81. The molecule has 3 heteroatoms. The van der Waals surface area contributed by atoms with Crippen molar-refractivity contribution in [1.29, 1.82) is 0 Å². The molecule has 1 saturated carbocycles. The lowest BCUT2D eigenvalue weighted by molar-refractivity contribution is 0.00982. The van der Waals surface area contributed by atoms with E-state index in [0.29, 0.717) is 13.1 Å². The highest BCUT2D eigenvalue weighted by molar-refractivity contribution is 5.89. The van der Waals surface area contributed by atoms with E-state index in [4.69, 9.17) is 0 Å². The van der Waals surface area contributed by atoms with Crippen LogP contribution in [0.4, 0.5) is 4.48 Å². The van der Waals surface area contributed by atoms with Gasteiger partial charge in [-0.2, -0.15) is 0 Å². The molecule has 0 amide bonds. The third-order valence-electron chi connectivity index (χ3n) is 6.53. The van der Waals surface area contributed by atoms with Gasteiger partial charge in [-0.05, 0) is 29.4 Å². The monoisotopic (exact) mass is 312 g/mol. The molecule has 1 aromatic carbocycles. The van der Waals surface area contributed by atoms with Gasteiger partial charge in [0.25, 0.3) is 0 Å². The second kappa shape index (κ2) is 5.34. The molecule has 5 rings (SSSR count). The minimum atomic E-state index is 0.469. The molecule has 1 fully saturated rings. The average Bonchev–Trinajstić information content (AvgIpc) is 2.91. The molecule has 122 valence electrons. The van der Waals surface area contributed by atoms with Gasteiger partial charge in [-0.3, -0.25) is 0 Å². The molecule has 0 spiro atoms. The molecule has 2 nitrogen and oxygen atoms in total. The van der Waals surface area contributed by atoms with Gasteiger partial charge in [-0.25, -0.2) is 0 Å². The van der Waals surface area contributed by atoms with E-state index in [1.807, 2.05) is 0 Å². The lowest BCUT2D eigenvalue weighted by Crippen LogP contribution is -2.30. The molecule has 3 heterocycles. The Balaban J connectivity index is 1.60. The van der Waals surface area contributed by atoms with Gasteiger partial charge in [-0.1, -0.05) is 50.3 Å². The lowest BCUT2D eigenvalue weighted by atomic mass is 9.76. The van der Waals surface area contributed by atoms with Crippen LogP contribution in [0, 0.1) is 11.8 Å². The van der Waals surface area contributed by atoms with E-state index in [1.165, 1.54) is 72.8 Å². The Labute approximate surface area is 137 Å². The number of fused-ring (bicyclic) bond motifs is 3. The van der Waals surface area contributed by atoms with Gasteiger partial charge < -0.3 is 4.57 Å². The van der Waals surface area contributed by atoms with Gasteiger partial charge in [0.15, 0.2) is 0 Å². The highest BCUT2D eigenvalue weighted by Gasteiger charge is 2.32. The van der Waals surface area contributed by atoms with E-state index >= 15 is 0 Å². The quantitative estimate of drug-likeness (QED) is 0.697. The standard InChI is InChI=1S/C20H25FN2/c21-22-10-9-19-18(13-22)17-8-4-7-15-11-16(12-23(19)20(15)17)14-5-2-1-3-6-14/h4,7-8,14,16H,1-3,5-6,9-13H2. The average molecular weight is 312 g/mol. The molecular formula is C20H25FN2. The van der Waals surface area contributed by atoms with Crippen LogP contribution < -0.4 is 0 Å². The van der Waals surface area contributed by atoms with Crippen LogP contribution in [-0.4, -0.2) is 16.2 Å². The van der Waals surface area contributed by atoms with Crippen LogP contribution in [0.5, 0.6) is 0 Å². The summed E-state index contributed by atoms with van der Waals surface area (Å²) in [4.78, 5) is 0. The normalized spacial score (nSPS) is 25.7. The first-order valence-corrected chi connectivity index (χ1v) is 9.34. The number of benzene rings is 1. The Hall–Kier alpha value is -1.35. The Morgan fingerprint density at radius 2 is 1.91 bits per heavy atom. The number of hydrogen-bond acceptors (Lipinski definition) is 1. The molecule has 2 aliphatic heterocycles. The SMILES string of the molecule is FN1CCc2c(c3cccc4c3n2CC(C2CCCCC2)C4)C1. The van der Waals surface area contributed by atoms with Gasteiger partial charge >= 0.3 is 0 Å². The summed E-state index contributed by atoms with van der Waals surface area (Å²) in [6.07, 6.45) is 9.17. The lowest BCUT2D eigenvalue weighted by Gasteiger charge is -2.35. The number of hydrogen-bond donors (Lipinski definition) is 0. The van der Waals surface area contributed by atoms with Crippen molar-refractivity contribution >= 4 is 10.9 Å². The highest BCUT2D eigenvalue weighted by atomic mass is 19.2. The van der Waals surface area contributed by atoms with Crippen LogP contribution in [0.1, 0.15) is 48.9 Å². The summed E-state index contributed by atoms with van der Waals surface area (Å²) >= 11 is 0. The summed E-state index contributed by atoms with van der Waals surface area (Å²) in [7, 11) is 0. The molecule has 2 aromatic rings. The second-order valence-electron chi connectivity index (χ2n) is 7.81. The molecule has 1 aliphatic carbocycles. The van der Waals surface area contributed by atoms with Crippen LogP contribution in [0.15, 0.2) is 18.2 Å². The van der Waals surface area contributed by atoms with Crippen LogP contribution in [-0.2, 0) is 25.9 Å². The first kappa shape index (κ1) is 14.0. The third-order valence-corrected chi connectivity index (χ3v) is 6.53. The number of nitrogens with zero attached hydrogens (tertiary/aromatic N) is 2. The topological polar surface area (TPSA) is 8.17 Å². The Morgan fingerprint density at radius 1 is 1.04 bits per heavy atom. The molecule has 1 aromatic heterocycles. The van der Waals surface area contributed by atoms with Gasteiger partial charge in [0.1, 0.15) is 0 Å².